The summed E-state index contributed by atoms with van der Waals surface area (Å²) in [6, 6.07) is 5.85. The van der Waals surface area contributed by atoms with E-state index in [4.69, 9.17) is 11.6 Å². The smallest absolute Gasteiger partial charge is 0.353 e. The summed E-state index contributed by atoms with van der Waals surface area (Å²) in [6.45, 7) is 0. The number of carbonyl (C=O) groups excluding carboxylic acids is 1. The van der Waals surface area contributed by atoms with Crippen LogP contribution in [0.4, 0.5) is 0 Å². The maximum atomic E-state index is 11.8. The lowest BCUT2D eigenvalue weighted by atomic mass is 10.1. The van der Waals surface area contributed by atoms with Crippen molar-refractivity contribution in [3.05, 3.63) is 34.4 Å². The summed E-state index contributed by atoms with van der Waals surface area (Å²) in [5.74, 6) is -0.220. The molecule has 1 aromatic heterocycles. The third-order valence-corrected chi connectivity index (χ3v) is 7.71. The van der Waals surface area contributed by atoms with Gasteiger partial charge >= 0.3 is 5.97 Å². The second-order valence-electron chi connectivity index (χ2n) is 5.29. The summed E-state index contributed by atoms with van der Waals surface area (Å²) in [5.41, 5.74) is 1.93. The number of benzene rings is 1. The van der Waals surface area contributed by atoms with E-state index in [2.05, 4.69) is 4.98 Å². The lowest BCUT2D eigenvalue weighted by Crippen LogP contribution is -2.53. The Morgan fingerprint density at radius 3 is 3.04 bits per heavy atom. The number of amides is 1. The van der Waals surface area contributed by atoms with Crippen molar-refractivity contribution < 1.29 is 14.7 Å². The van der Waals surface area contributed by atoms with Crippen molar-refractivity contribution in [2.45, 2.75) is 22.0 Å². The van der Waals surface area contributed by atoms with Gasteiger partial charge in [0.1, 0.15) is 5.70 Å². The number of aromatic nitrogens is 1. The summed E-state index contributed by atoms with van der Waals surface area (Å²) in [6.07, 6.45) is 0.416. The van der Waals surface area contributed by atoms with E-state index < -0.39 is 5.97 Å². The molecule has 124 valence electrons. The highest BCUT2D eigenvalue weighted by Gasteiger charge is 2.45. The topological polar surface area (TPSA) is 70.5 Å². The van der Waals surface area contributed by atoms with Crippen molar-refractivity contribution in [1.29, 1.82) is 0 Å². The first kappa shape index (κ1) is 16.3. The first-order chi connectivity index (χ1) is 11.6. The van der Waals surface area contributed by atoms with Crippen LogP contribution < -0.4 is 0 Å². The van der Waals surface area contributed by atoms with Gasteiger partial charge in [0.05, 0.1) is 22.0 Å². The molecular weight excluding hydrogens is 388 g/mol. The van der Waals surface area contributed by atoms with Crippen LogP contribution in [-0.4, -0.2) is 38.0 Å². The minimum Gasteiger partial charge on any atom is -0.477 e. The molecule has 24 heavy (non-hydrogen) atoms. The van der Waals surface area contributed by atoms with Crippen LogP contribution in [0.3, 0.4) is 0 Å². The average Bonchev–Trinajstić information content (AvgIpc) is 2.96. The predicted molar refractivity (Wildman–Crippen MR) is 97.4 cm³/mol. The van der Waals surface area contributed by atoms with E-state index in [-0.39, 0.29) is 17.0 Å². The van der Waals surface area contributed by atoms with Gasteiger partial charge < -0.3 is 5.11 Å². The van der Waals surface area contributed by atoms with Gasteiger partial charge in [-0.05, 0) is 11.6 Å². The van der Waals surface area contributed by atoms with E-state index in [1.165, 1.54) is 28.0 Å². The first-order valence-electron chi connectivity index (χ1n) is 7.11. The standard InChI is InChI=1S/C15H11ClN2O3S3/c16-5-7-2-1-3-8-12(7)17-15(23-8)24-9-6-22-11-4-10(19)18(11)13(9)14(20)21/h1-3,11H,4-6H2,(H,20,21)/t11-/m0/s1. The minimum atomic E-state index is -1.06. The molecule has 1 atom stereocenters. The number of hydrogen-bond donors (Lipinski definition) is 1. The number of aliphatic carboxylic acids is 1. The molecule has 0 bridgehead atoms. The van der Waals surface area contributed by atoms with Crippen molar-refractivity contribution in [2.75, 3.05) is 5.75 Å². The number of nitrogens with zero attached hydrogens (tertiary/aromatic N) is 2. The van der Waals surface area contributed by atoms with E-state index >= 15 is 0 Å². The number of β-lactam (4-membered cyclic amide) rings is 1. The van der Waals surface area contributed by atoms with Crippen LogP contribution in [0.1, 0.15) is 12.0 Å². The summed E-state index contributed by atoms with van der Waals surface area (Å²) in [7, 11) is 0. The zero-order valence-corrected chi connectivity index (χ0v) is 15.4. The highest BCUT2D eigenvalue weighted by atomic mass is 35.5. The molecule has 5 nitrogen and oxygen atoms in total. The molecule has 1 saturated heterocycles. The van der Waals surface area contributed by atoms with Crippen molar-refractivity contribution in [1.82, 2.24) is 9.88 Å². The van der Waals surface area contributed by atoms with E-state index in [1.54, 1.807) is 11.8 Å². The molecular formula is C15H11ClN2O3S3. The lowest BCUT2D eigenvalue weighted by molar-refractivity contribution is -0.146. The Balaban J connectivity index is 1.72. The molecule has 1 N–H and O–H groups in total. The summed E-state index contributed by atoms with van der Waals surface area (Å²) in [5, 5.41) is 9.50. The second kappa shape index (κ2) is 6.25. The zero-order chi connectivity index (χ0) is 16.8. The largest absolute Gasteiger partial charge is 0.477 e. The van der Waals surface area contributed by atoms with Crippen LogP contribution in [0, 0.1) is 0 Å². The Morgan fingerprint density at radius 1 is 1.50 bits per heavy atom. The number of rotatable bonds is 4. The fourth-order valence-corrected chi connectivity index (χ4v) is 6.59. The Hall–Kier alpha value is -1.22. The number of thiazole rings is 1. The highest BCUT2D eigenvalue weighted by molar-refractivity contribution is 8.07. The van der Waals surface area contributed by atoms with Gasteiger partial charge in [-0.3, -0.25) is 9.69 Å². The summed E-state index contributed by atoms with van der Waals surface area (Å²) in [4.78, 5) is 30.1. The van der Waals surface area contributed by atoms with Crippen molar-refractivity contribution in [2.24, 2.45) is 0 Å². The molecule has 2 aliphatic rings. The Labute approximate surface area is 155 Å². The quantitative estimate of drug-likeness (QED) is 0.625. The normalized spacial score (nSPS) is 20.3. The van der Waals surface area contributed by atoms with Gasteiger partial charge in [-0.25, -0.2) is 9.78 Å². The van der Waals surface area contributed by atoms with Gasteiger partial charge in [-0.2, -0.15) is 0 Å². The number of hydrogen-bond acceptors (Lipinski definition) is 6. The van der Waals surface area contributed by atoms with Gasteiger partial charge in [0.2, 0.25) is 5.91 Å². The monoisotopic (exact) mass is 398 g/mol. The van der Waals surface area contributed by atoms with E-state index in [0.29, 0.717) is 23.0 Å². The third-order valence-electron chi connectivity index (χ3n) is 3.86. The number of para-hydroxylation sites is 1. The number of halogens is 1. The summed E-state index contributed by atoms with van der Waals surface area (Å²) < 4.78 is 1.79. The van der Waals surface area contributed by atoms with Gasteiger partial charge in [0, 0.05) is 16.5 Å². The molecule has 9 heteroatoms. The molecule has 0 aliphatic carbocycles. The lowest BCUT2D eigenvalue weighted by Gasteiger charge is -2.43. The second-order valence-corrected chi connectivity index (χ2v) is 9.10. The van der Waals surface area contributed by atoms with Crippen LogP contribution in [0.25, 0.3) is 10.2 Å². The minimum absolute atomic E-state index is 0.0360. The SMILES string of the molecule is O=C(O)C1=C(Sc2nc3c(CCl)cccc3s2)CS[C@H]2CC(=O)N12. The zero-order valence-electron chi connectivity index (χ0n) is 12.2. The molecule has 2 aromatic rings. The number of carboxylic acids is 1. The highest BCUT2D eigenvalue weighted by Crippen LogP contribution is 2.46. The maximum Gasteiger partial charge on any atom is 0.353 e. The van der Waals surface area contributed by atoms with Crippen LogP contribution in [-0.2, 0) is 15.5 Å². The molecule has 2 aliphatic heterocycles. The van der Waals surface area contributed by atoms with Crippen LogP contribution in [0.5, 0.6) is 0 Å². The molecule has 1 fully saturated rings. The molecule has 0 radical (unpaired) electrons. The molecule has 0 saturated carbocycles. The number of thioether (sulfide) groups is 2. The number of alkyl halides is 1. The maximum absolute atomic E-state index is 11.8. The fourth-order valence-electron chi connectivity index (χ4n) is 2.71. The van der Waals surface area contributed by atoms with Gasteiger partial charge in [0.25, 0.3) is 0 Å². The molecule has 0 spiro atoms. The van der Waals surface area contributed by atoms with E-state index in [1.807, 2.05) is 18.2 Å². The Morgan fingerprint density at radius 2 is 2.33 bits per heavy atom. The number of fused-ring (bicyclic) bond motifs is 2. The fraction of sp³-hybridized carbons (Fsp3) is 0.267. The van der Waals surface area contributed by atoms with Crippen molar-refractivity contribution in [3.8, 4) is 0 Å². The number of carboxylic acid groups (broad SMARTS) is 1. The molecule has 1 aromatic carbocycles. The number of carbonyl (C=O) groups is 2. The van der Waals surface area contributed by atoms with E-state index in [0.717, 1.165) is 20.1 Å². The molecule has 4 rings (SSSR count). The molecule has 0 unspecified atom stereocenters. The van der Waals surface area contributed by atoms with Crippen molar-refractivity contribution >= 4 is 68.6 Å². The van der Waals surface area contributed by atoms with E-state index in [9.17, 15) is 14.7 Å². The van der Waals surface area contributed by atoms with Crippen LogP contribution in [0.2, 0.25) is 0 Å². The molecule has 1 amide bonds. The third kappa shape index (κ3) is 2.61. The van der Waals surface area contributed by atoms with Crippen LogP contribution in [0.15, 0.2) is 33.1 Å². The first-order valence-corrected chi connectivity index (χ1v) is 10.3. The Bertz CT molecular complexity index is 895. The molecule has 3 heterocycles. The average molecular weight is 399 g/mol. The summed E-state index contributed by atoms with van der Waals surface area (Å²) >= 11 is 10.4. The van der Waals surface area contributed by atoms with Gasteiger partial charge in [-0.1, -0.05) is 23.9 Å². The van der Waals surface area contributed by atoms with Crippen molar-refractivity contribution in [3.63, 3.8) is 0 Å². The van der Waals surface area contributed by atoms with Gasteiger partial charge in [0.15, 0.2) is 4.34 Å². The Kier molecular flexibility index (Phi) is 4.24. The van der Waals surface area contributed by atoms with Crippen LogP contribution >= 0.6 is 46.5 Å². The van der Waals surface area contributed by atoms with Gasteiger partial charge in [-0.15, -0.1) is 34.7 Å². The predicted octanol–water partition coefficient (Wildman–Crippen LogP) is 3.73.